The minimum atomic E-state index is -0.647. The van der Waals surface area contributed by atoms with Gasteiger partial charge in [0.25, 0.3) is 5.91 Å². The summed E-state index contributed by atoms with van der Waals surface area (Å²) >= 11 is 0. The number of rotatable bonds is 4. The first kappa shape index (κ1) is 18.4. The van der Waals surface area contributed by atoms with Crippen LogP contribution in [0.4, 0.5) is 14.5 Å². The van der Waals surface area contributed by atoms with Crippen molar-refractivity contribution in [1.29, 1.82) is 0 Å². The number of amides is 2. The van der Waals surface area contributed by atoms with Crippen molar-refractivity contribution in [3.63, 3.8) is 0 Å². The van der Waals surface area contributed by atoms with Gasteiger partial charge in [0.05, 0.1) is 0 Å². The normalized spacial score (nSPS) is 19.2. The van der Waals surface area contributed by atoms with Gasteiger partial charge in [0, 0.05) is 42.5 Å². The van der Waals surface area contributed by atoms with Crippen LogP contribution in [0.3, 0.4) is 0 Å². The Balaban J connectivity index is 1.51. The number of carbonyl (C=O) groups is 2. The highest BCUT2D eigenvalue weighted by Gasteiger charge is 2.30. The Bertz CT molecular complexity index is 932. The van der Waals surface area contributed by atoms with Gasteiger partial charge >= 0.3 is 0 Å². The van der Waals surface area contributed by atoms with Crippen molar-refractivity contribution >= 4 is 17.5 Å². The fraction of sp³-hybridized carbons (Fsp3) is 0.333. The number of fused-ring (bicyclic) bond motifs is 1. The fourth-order valence-corrected chi connectivity index (χ4v) is 3.87. The summed E-state index contributed by atoms with van der Waals surface area (Å²) in [7, 11) is 0. The van der Waals surface area contributed by atoms with Crippen LogP contribution in [0.5, 0.6) is 0 Å². The Labute approximate surface area is 161 Å². The Kier molecular flexibility index (Phi) is 4.98. The Morgan fingerprint density at radius 3 is 2.86 bits per heavy atom. The van der Waals surface area contributed by atoms with E-state index in [-0.39, 0.29) is 18.4 Å². The maximum Gasteiger partial charge on any atom is 0.251 e. The van der Waals surface area contributed by atoms with Gasteiger partial charge in [-0.05, 0) is 43.0 Å². The molecular weight excluding hydrogens is 364 g/mol. The summed E-state index contributed by atoms with van der Waals surface area (Å²) in [5.41, 5.74) is 2.63. The van der Waals surface area contributed by atoms with E-state index < -0.39 is 17.7 Å². The number of nitrogens with zero attached hydrogens (tertiary/aromatic N) is 1. The first-order chi connectivity index (χ1) is 13.5. The molecule has 2 aromatic rings. The van der Waals surface area contributed by atoms with Gasteiger partial charge in [-0.3, -0.25) is 9.59 Å². The van der Waals surface area contributed by atoms with Crippen LogP contribution in [0.1, 0.15) is 34.3 Å². The van der Waals surface area contributed by atoms with Crippen LogP contribution < -0.4 is 10.6 Å². The lowest BCUT2D eigenvalue weighted by molar-refractivity contribution is -0.134. The van der Waals surface area contributed by atoms with Gasteiger partial charge in [0.15, 0.2) is 0 Å². The summed E-state index contributed by atoms with van der Waals surface area (Å²) < 4.78 is 27.1. The van der Waals surface area contributed by atoms with E-state index in [1.165, 1.54) is 12.1 Å². The average Bonchev–Trinajstić information content (AvgIpc) is 2.68. The van der Waals surface area contributed by atoms with Crippen molar-refractivity contribution < 1.29 is 18.4 Å². The molecule has 0 radical (unpaired) electrons. The largest absolute Gasteiger partial charge is 0.373 e. The second-order valence-electron chi connectivity index (χ2n) is 7.17. The molecule has 1 fully saturated rings. The summed E-state index contributed by atoms with van der Waals surface area (Å²) in [5.74, 6) is -1.50. The third-order valence-electron chi connectivity index (χ3n) is 5.32. The Morgan fingerprint density at radius 2 is 2.04 bits per heavy atom. The van der Waals surface area contributed by atoms with Crippen LogP contribution in [0.25, 0.3) is 0 Å². The molecule has 0 aliphatic carbocycles. The predicted molar refractivity (Wildman–Crippen MR) is 101 cm³/mol. The summed E-state index contributed by atoms with van der Waals surface area (Å²) in [6.45, 7) is 1.21. The van der Waals surface area contributed by atoms with E-state index in [0.717, 1.165) is 23.7 Å². The molecule has 2 aromatic carbocycles. The molecule has 0 aromatic heterocycles. The zero-order valence-electron chi connectivity index (χ0n) is 15.3. The fourth-order valence-electron chi connectivity index (χ4n) is 3.87. The van der Waals surface area contributed by atoms with Gasteiger partial charge < -0.3 is 15.5 Å². The number of anilines is 1. The van der Waals surface area contributed by atoms with Gasteiger partial charge in [-0.2, -0.15) is 0 Å². The zero-order valence-corrected chi connectivity index (χ0v) is 15.3. The van der Waals surface area contributed by atoms with Crippen molar-refractivity contribution in [2.24, 2.45) is 0 Å². The molecule has 5 nitrogen and oxygen atoms in total. The van der Waals surface area contributed by atoms with Crippen LogP contribution in [-0.2, 0) is 17.8 Å². The highest BCUT2D eigenvalue weighted by molar-refractivity contribution is 5.98. The molecule has 0 saturated carbocycles. The number of likely N-dealkylation sites (tertiary alicyclic amines) is 1. The van der Waals surface area contributed by atoms with Crippen molar-refractivity contribution in [1.82, 2.24) is 10.2 Å². The molecule has 0 bridgehead atoms. The van der Waals surface area contributed by atoms with Gasteiger partial charge in [-0.1, -0.05) is 12.1 Å². The molecule has 2 N–H and O–H groups in total. The number of halogens is 2. The lowest BCUT2D eigenvalue weighted by Gasteiger charge is -2.34. The third-order valence-corrected chi connectivity index (χ3v) is 5.32. The molecule has 1 atom stereocenters. The number of piperidine rings is 1. The highest BCUT2D eigenvalue weighted by atomic mass is 19.1. The number of carbonyl (C=O) groups excluding carboxylic acids is 2. The number of nitrogens with one attached hydrogen (secondary N) is 2. The quantitative estimate of drug-likeness (QED) is 0.851. The SMILES string of the molecule is O=C1NCCc2c(NC3CCCN(Cc4ccc(F)cc4F)C3=O)cccc21. The molecule has 2 amide bonds. The van der Waals surface area contributed by atoms with E-state index in [9.17, 15) is 18.4 Å². The third kappa shape index (κ3) is 3.56. The zero-order chi connectivity index (χ0) is 19.7. The summed E-state index contributed by atoms with van der Waals surface area (Å²) in [4.78, 5) is 26.6. The van der Waals surface area contributed by atoms with Crippen LogP contribution >= 0.6 is 0 Å². The molecule has 1 saturated heterocycles. The standard InChI is InChI=1S/C21H21F2N3O2/c22-14-7-6-13(17(23)11-14)12-26-10-2-5-19(21(26)28)25-18-4-1-3-16-15(18)8-9-24-20(16)27/h1,3-4,6-7,11,19,25H,2,5,8-10,12H2,(H,24,27). The van der Waals surface area contributed by atoms with Crippen molar-refractivity contribution in [2.75, 3.05) is 18.4 Å². The van der Waals surface area contributed by atoms with E-state index in [1.807, 2.05) is 6.07 Å². The van der Waals surface area contributed by atoms with E-state index in [0.29, 0.717) is 37.1 Å². The summed E-state index contributed by atoms with van der Waals surface area (Å²) in [6.07, 6.45) is 2.15. The van der Waals surface area contributed by atoms with Crippen LogP contribution in [0.15, 0.2) is 36.4 Å². The first-order valence-corrected chi connectivity index (χ1v) is 9.42. The van der Waals surface area contributed by atoms with Crippen molar-refractivity contribution in [3.8, 4) is 0 Å². The average molecular weight is 385 g/mol. The highest BCUT2D eigenvalue weighted by Crippen LogP contribution is 2.26. The Hall–Kier alpha value is -2.96. The minimum Gasteiger partial charge on any atom is -0.373 e. The molecule has 2 aliphatic rings. The van der Waals surface area contributed by atoms with Gasteiger partial charge in [-0.25, -0.2) is 8.78 Å². The number of hydrogen-bond acceptors (Lipinski definition) is 3. The lowest BCUT2D eigenvalue weighted by Crippen LogP contribution is -2.47. The molecule has 2 heterocycles. The minimum absolute atomic E-state index is 0.103. The van der Waals surface area contributed by atoms with Gasteiger partial charge in [-0.15, -0.1) is 0 Å². The second-order valence-corrected chi connectivity index (χ2v) is 7.17. The molecule has 0 spiro atoms. The molecule has 28 heavy (non-hydrogen) atoms. The maximum absolute atomic E-state index is 14.0. The summed E-state index contributed by atoms with van der Waals surface area (Å²) in [6, 6.07) is 8.43. The van der Waals surface area contributed by atoms with E-state index in [4.69, 9.17) is 0 Å². The number of benzene rings is 2. The van der Waals surface area contributed by atoms with E-state index >= 15 is 0 Å². The van der Waals surface area contributed by atoms with Crippen molar-refractivity contribution in [3.05, 3.63) is 64.7 Å². The van der Waals surface area contributed by atoms with E-state index in [1.54, 1.807) is 17.0 Å². The Morgan fingerprint density at radius 1 is 1.18 bits per heavy atom. The van der Waals surface area contributed by atoms with Crippen LogP contribution in [0, 0.1) is 11.6 Å². The van der Waals surface area contributed by atoms with E-state index in [2.05, 4.69) is 10.6 Å². The van der Waals surface area contributed by atoms with Crippen LogP contribution in [0.2, 0.25) is 0 Å². The smallest absolute Gasteiger partial charge is 0.251 e. The lowest BCUT2D eigenvalue weighted by atomic mass is 9.96. The van der Waals surface area contributed by atoms with Crippen molar-refractivity contribution in [2.45, 2.75) is 31.8 Å². The maximum atomic E-state index is 14.0. The predicted octanol–water partition coefficient (Wildman–Crippen LogP) is 2.85. The monoisotopic (exact) mass is 385 g/mol. The van der Waals surface area contributed by atoms with Crippen LogP contribution in [-0.4, -0.2) is 35.8 Å². The van der Waals surface area contributed by atoms with Gasteiger partial charge in [0.2, 0.25) is 5.91 Å². The first-order valence-electron chi connectivity index (χ1n) is 9.42. The second kappa shape index (κ2) is 7.58. The molecule has 146 valence electrons. The number of hydrogen-bond donors (Lipinski definition) is 2. The topological polar surface area (TPSA) is 61.4 Å². The van der Waals surface area contributed by atoms with Gasteiger partial charge in [0.1, 0.15) is 17.7 Å². The summed E-state index contributed by atoms with van der Waals surface area (Å²) in [5, 5.41) is 6.11. The molecule has 2 aliphatic heterocycles. The molecular formula is C21H21F2N3O2. The molecule has 7 heteroatoms. The molecule has 4 rings (SSSR count). The molecule has 1 unspecified atom stereocenters.